The van der Waals surface area contributed by atoms with Crippen LogP contribution in [0.5, 0.6) is 0 Å². The van der Waals surface area contributed by atoms with Crippen molar-refractivity contribution in [3.05, 3.63) is 34.9 Å². The SMILES string of the molecule is CC[C@@H]1NC(=O)[C@H]2CN(C(=O)c3ccc(Cl)cc3)CCN2C1=O. The van der Waals surface area contributed by atoms with Gasteiger partial charge in [-0.1, -0.05) is 18.5 Å². The van der Waals surface area contributed by atoms with Crippen LogP contribution in [0.25, 0.3) is 0 Å². The Balaban J connectivity index is 1.75. The Bertz CT molecular complexity index is 646. The molecule has 3 rings (SSSR count). The Morgan fingerprint density at radius 2 is 1.96 bits per heavy atom. The molecule has 0 spiro atoms. The summed E-state index contributed by atoms with van der Waals surface area (Å²) in [5.41, 5.74) is 0.525. The van der Waals surface area contributed by atoms with Crippen molar-refractivity contribution in [3.63, 3.8) is 0 Å². The van der Waals surface area contributed by atoms with E-state index in [0.717, 1.165) is 0 Å². The summed E-state index contributed by atoms with van der Waals surface area (Å²) < 4.78 is 0. The van der Waals surface area contributed by atoms with Crippen molar-refractivity contribution in [2.45, 2.75) is 25.4 Å². The fourth-order valence-corrected chi connectivity index (χ4v) is 3.16. The first kappa shape index (κ1) is 15.8. The van der Waals surface area contributed by atoms with Crippen molar-refractivity contribution in [1.29, 1.82) is 0 Å². The average molecular weight is 336 g/mol. The molecule has 122 valence electrons. The molecule has 2 aliphatic heterocycles. The molecule has 3 amide bonds. The minimum atomic E-state index is -0.602. The number of carbonyl (C=O) groups is 3. The molecule has 1 N–H and O–H groups in total. The van der Waals surface area contributed by atoms with Crippen molar-refractivity contribution >= 4 is 29.3 Å². The summed E-state index contributed by atoms with van der Waals surface area (Å²) in [5, 5.41) is 3.30. The Hall–Kier alpha value is -2.08. The summed E-state index contributed by atoms with van der Waals surface area (Å²) in [6.07, 6.45) is 0.571. The van der Waals surface area contributed by atoms with Gasteiger partial charge in [0.05, 0.1) is 6.54 Å². The van der Waals surface area contributed by atoms with Crippen LogP contribution in [0.4, 0.5) is 0 Å². The number of benzene rings is 1. The van der Waals surface area contributed by atoms with Crippen molar-refractivity contribution in [2.24, 2.45) is 0 Å². The molecule has 6 nitrogen and oxygen atoms in total. The lowest BCUT2D eigenvalue weighted by Crippen LogP contribution is -2.69. The Labute approximate surface area is 139 Å². The lowest BCUT2D eigenvalue weighted by molar-refractivity contribution is -0.152. The summed E-state index contributed by atoms with van der Waals surface area (Å²) in [6, 6.07) is 5.60. The van der Waals surface area contributed by atoms with Crippen molar-refractivity contribution in [3.8, 4) is 0 Å². The van der Waals surface area contributed by atoms with Crippen LogP contribution in [-0.4, -0.2) is 59.2 Å². The molecular weight excluding hydrogens is 318 g/mol. The van der Waals surface area contributed by atoms with Crippen LogP contribution in [0.1, 0.15) is 23.7 Å². The number of nitrogens with zero attached hydrogens (tertiary/aromatic N) is 2. The molecule has 2 heterocycles. The Kier molecular flexibility index (Phi) is 4.26. The van der Waals surface area contributed by atoms with Crippen LogP contribution in [0, 0.1) is 0 Å². The fraction of sp³-hybridized carbons (Fsp3) is 0.438. The average Bonchev–Trinajstić information content (AvgIpc) is 2.57. The largest absolute Gasteiger partial charge is 0.342 e. The van der Waals surface area contributed by atoms with E-state index >= 15 is 0 Å². The highest BCUT2D eigenvalue weighted by Crippen LogP contribution is 2.19. The molecule has 0 aromatic heterocycles. The molecule has 2 saturated heterocycles. The molecule has 1 aromatic rings. The van der Waals surface area contributed by atoms with Crippen molar-refractivity contribution in [2.75, 3.05) is 19.6 Å². The molecule has 0 bridgehead atoms. The van der Waals surface area contributed by atoms with E-state index in [2.05, 4.69) is 5.32 Å². The van der Waals surface area contributed by atoms with Crippen molar-refractivity contribution in [1.82, 2.24) is 15.1 Å². The summed E-state index contributed by atoms with van der Waals surface area (Å²) in [6.45, 7) is 2.89. The predicted octanol–water partition coefficient (Wildman–Crippen LogP) is 0.901. The van der Waals surface area contributed by atoms with E-state index in [-0.39, 0.29) is 24.3 Å². The molecule has 0 unspecified atom stereocenters. The van der Waals surface area contributed by atoms with Gasteiger partial charge < -0.3 is 15.1 Å². The monoisotopic (exact) mass is 335 g/mol. The van der Waals surface area contributed by atoms with Gasteiger partial charge in [-0.25, -0.2) is 0 Å². The van der Waals surface area contributed by atoms with Gasteiger partial charge in [0, 0.05) is 23.7 Å². The fourth-order valence-electron chi connectivity index (χ4n) is 3.04. The van der Waals surface area contributed by atoms with Crippen LogP contribution < -0.4 is 5.32 Å². The molecule has 2 atom stereocenters. The van der Waals surface area contributed by atoms with E-state index in [1.165, 1.54) is 0 Å². The predicted molar refractivity (Wildman–Crippen MR) is 85.1 cm³/mol. The number of halogens is 1. The summed E-state index contributed by atoms with van der Waals surface area (Å²) >= 11 is 5.83. The summed E-state index contributed by atoms with van der Waals surface area (Å²) in [5.74, 6) is -0.403. The lowest BCUT2D eigenvalue weighted by atomic mass is 10.0. The summed E-state index contributed by atoms with van der Waals surface area (Å²) in [4.78, 5) is 40.3. The van der Waals surface area contributed by atoms with Gasteiger partial charge in [0.2, 0.25) is 11.8 Å². The van der Waals surface area contributed by atoms with Gasteiger partial charge in [0.1, 0.15) is 12.1 Å². The zero-order valence-electron chi connectivity index (χ0n) is 12.8. The van der Waals surface area contributed by atoms with Crippen molar-refractivity contribution < 1.29 is 14.4 Å². The van der Waals surface area contributed by atoms with E-state index in [1.54, 1.807) is 34.1 Å². The first-order valence-electron chi connectivity index (χ1n) is 7.67. The zero-order chi connectivity index (χ0) is 16.6. The maximum atomic E-state index is 12.5. The zero-order valence-corrected chi connectivity index (χ0v) is 13.5. The molecule has 0 radical (unpaired) electrons. The van der Waals surface area contributed by atoms with Gasteiger partial charge in [-0.2, -0.15) is 0 Å². The van der Waals surface area contributed by atoms with Crippen LogP contribution in [0.15, 0.2) is 24.3 Å². The first-order valence-corrected chi connectivity index (χ1v) is 8.04. The number of amides is 3. The van der Waals surface area contributed by atoms with E-state index in [4.69, 9.17) is 11.6 Å². The third kappa shape index (κ3) is 2.91. The number of nitrogens with one attached hydrogen (secondary N) is 1. The highest BCUT2D eigenvalue weighted by Gasteiger charge is 2.43. The van der Waals surface area contributed by atoms with Crippen LogP contribution in [-0.2, 0) is 9.59 Å². The van der Waals surface area contributed by atoms with Gasteiger partial charge >= 0.3 is 0 Å². The highest BCUT2D eigenvalue weighted by atomic mass is 35.5. The second-order valence-electron chi connectivity index (χ2n) is 5.77. The molecular formula is C16H18ClN3O3. The molecule has 2 aliphatic rings. The quantitative estimate of drug-likeness (QED) is 0.873. The third-order valence-electron chi connectivity index (χ3n) is 4.37. The first-order chi connectivity index (χ1) is 11.0. The maximum absolute atomic E-state index is 12.5. The number of piperazine rings is 2. The van der Waals surface area contributed by atoms with Gasteiger partial charge in [-0.05, 0) is 30.7 Å². The Morgan fingerprint density at radius 3 is 2.61 bits per heavy atom. The van der Waals surface area contributed by atoms with E-state index in [0.29, 0.717) is 30.1 Å². The number of hydrogen-bond acceptors (Lipinski definition) is 3. The minimum Gasteiger partial charge on any atom is -0.342 e. The van der Waals surface area contributed by atoms with Crippen LogP contribution >= 0.6 is 11.6 Å². The smallest absolute Gasteiger partial charge is 0.254 e. The highest BCUT2D eigenvalue weighted by molar-refractivity contribution is 6.30. The molecule has 0 aliphatic carbocycles. The topological polar surface area (TPSA) is 69.7 Å². The normalized spacial score (nSPS) is 24.3. The Morgan fingerprint density at radius 1 is 1.26 bits per heavy atom. The van der Waals surface area contributed by atoms with Gasteiger partial charge in [-0.15, -0.1) is 0 Å². The van der Waals surface area contributed by atoms with Crippen LogP contribution in [0.2, 0.25) is 5.02 Å². The molecule has 1 aromatic carbocycles. The van der Waals surface area contributed by atoms with Gasteiger partial charge in [0.25, 0.3) is 5.91 Å². The van der Waals surface area contributed by atoms with Crippen LogP contribution in [0.3, 0.4) is 0 Å². The number of rotatable bonds is 2. The lowest BCUT2D eigenvalue weighted by Gasteiger charge is -2.45. The van der Waals surface area contributed by atoms with Gasteiger partial charge in [-0.3, -0.25) is 14.4 Å². The minimum absolute atomic E-state index is 0.0595. The van der Waals surface area contributed by atoms with E-state index < -0.39 is 12.1 Å². The van der Waals surface area contributed by atoms with E-state index in [9.17, 15) is 14.4 Å². The third-order valence-corrected chi connectivity index (χ3v) is 4.62. The summed E-state index contributed by atoms with van der Waals surface area (Å²) in [7, 11) is 0. The second-order valence-corrected chi connectivity index (χ2v) is 6.21. The number of carbonyl (C=O) groups excluding carboxylic acids is 3. The number of fused-ring (bicyclic) bond motifs is 1. The van der Waals surface area contributed by atoms with Gasteiger partial charge in [0.15, 0.2) is 0 Å². The second kappa shape index (κ2) is 6.20. The molecule has 2 fully saturated rings. The number of hydrogen-bond donors (Lipinski definition) is 1. The molecule has 7 heteroatoms. The molecule has 0 saturated carbocycles. The standard InChI is InChI=1S/C16H18ClN3O3/c1-2-12-16(23)20-8-7-19(9-13(20)14(21)18-12)15(22)10-3-5-11(17)6-4-10/h3-6,12-13H,2,7-9H2,1H3,(H,18,21)/t12-,13+/m0/s1. The maximum Gasteiger partial charge on any atom is 0.254 e. The van der Waals surface area contributed by atoms with E-state index in [1.807, 2.05) is 6.92 Å². The molecule has 23 heavy (non-hydrogen) atoms.